The van der Waals surface area contributed by atoms with Gasteiger partial charge >= 0.3 is 0 Å². The molecule has 5 nitrogen and oxygen atoms in total. The van der Waals surface area contributed by atoms with Crippen molar-refractivity contribution in [3.05, 3.63) is 36.3 Å². The molecular weight excluding hydrogens is 256 g/mol. The molecule has 0 spiro atoms. The SMILES string of the molecule is O=C1[C@@H]2[C@H](C(=O)N1/N=C\c1ccco1)[C@H]1C=C[C@H]2CC1. The number of nitrogens with zero attached hydrogens (tertiary/aromatic N) is 2. The van der Waals surface area contributed by atoms with Crippen LogP contribution in [0.2, 0.25) is 0 Å². The summed E-state index contributed by atoms with van der Waals surface area (Å²) in [5, 5.41) is 5.07. The molecule has 2 amide bonds. The van der Waals surface area contributed by atoms with Crippen LogP contribution in [0.5, 0.6) is 0 Å². The molecule has 3 aliphatic carbocycles. The first kappa shape index (κ1) is 11.6. The first-order valence-corrected chi connectivity index (χ1v) is 6.89. The summed E-state index contributed by atoms with van der Waals surface area (Å²) in [6.45, 7) is 0. The van der Waals surface area contributed by atoms with Crippen LogP contribution in [-0.4, -0.2) is 23.0 Å². The highest BCUT2D eigenvalue weighted by atomic mass is 16.3. The van der Waals surface area contributed by atoms with Crippen molar-refractivity contribution in [3.8, 4) is 0 Å². The highest BCUT2D eigenvalue weighted by molar-refractivity contribution is 6.06. The third kappa shape index (κ3) is 1.52. The summed E-state index contributed by atoms with van der Waals surface area (Å²) < 4.78 is 5.13. The molecule has 0 aromatic carbocycles. The van der Waals surface area contributed by atoms with Gasteiger partial charge in [0.1, 0.15) is 5.76 Å². The van der Waals surface area contributed by atoms with Crippen LogP contribution in [0, 0.1) is 23.7 Å². The molecule has 0 N–H and O–H groups in total. The van der Waals surface area contributed by atoms with E-state index in [1.54, 1.807) is 12.1 Å². The molecule has 1 aromatic rings. The number of furan rings is 1. The number of hydrazone groups is 1. The van der Waals surface area contributed by atoms with E-state index >= 15 is 0 Å². The lowest BCUT2D eigenvalue weighted by atomic mass is 9.63. The van der Waals surface area contributed by atoms with Crippen LogP contribution in [0.4, 0.5) is 0 Å². The zero-order valence-electron chi connectivity index (χ0n) is 10.8. The Kier molecular flexibility index (Phi) is 2.42. The smallest absolute Gasteiger partial charge is 0.254 e. The van der Waals surface area contributed by atoms with Crippen LogP contribution in [0.25, 0.3) is 0 Å². The van der Waals surface area contributed by atoms with E-state index in [4.69, 9.17) is 4.42 Å². The summed E-state index contributed by atoms with van der Waals surface area (Å²) in [7, 11) is 0. The third-order valence-corrected chi connectivity index (χ3v) is 4.58. The van der Waals surface area contributed by atoms with Crippen molar-refractivity contribution in [2.24, 2.45) is 28.8 Å². The maximum atomic E-state index is 12.4. The molecule has 1 saturated heterocycles. The zero-order chi connectivity index (χ0) is 13.7. The van der Waals surface area contributed by atoms with Gasteiger partial charge in [-0.05, 0) is 36.8 Å². The van der Waals surface area contributed by atoms with Gasteiger partial charge in [0.25, 0.3) is 11.8 Å². The lowest BCUT2D eigenvalue weighted by molar-refractivity contribution is -0.140. The van der Waals surface area contributed by atoms with Crippen LogP contribution < -0.4 is 0 Å². The second kappa shape index (κ2) is 4.16. The first-order chi connectivity index (χ1) is 9.75. The van der Waals surface area contributed by atoms with E-state index in [2.05, 4.69) is 17.3 Å². The van der Waals surface area contributed by atoms with Gasteiger partial charge in [-0.2, -0.15) is 10.1 Å². The Morgan fingerprint density at radius 1 is 1.15 bits per heavy atom. The fourth-order valence-corrected chi connectivity index (χ4v) is 3.65. The Morgan fingerprint density at radius 2 is 1.80 bits per heavy atom. The molecule has 0 radical (unpaired) electrons. The highest BCUT2D eigenvalue weighted by Gasteiger charge is 2.56. The van der Waals surface area contributed by atoms with Crippen LogP contribution >= 0.6 is 0 Å². The molecule has 4 aliphatic rings. The molecule has 102 valence electrons. The summed E-state index contributed by atoms with van der Waals surface area (Å²) in [6.07, 6.45) is 9.13. The average molecular weight is 270 g/mol. The Hall–Kier alpha value is -2.17. The van der Waals surface area contributed by atoms with Crippen molar-refractivity contribution in [2.45, 2.75) is 12.8 Å². The van der Waals surface area contributed by atoms with Gasteiger partial charge in [0.15, 0.2) is 0 Å². The summed E-state index contributed by atoms with van der Waals surface area (Å²) in [5.74, 6) is 0.181. The Morgan fingerprint density at radius 3 is 2.30 bits per heavy atom. The minimum Gasteiger partial charge on any atom is -0.463 e. The van der Waals surface area contributed by atoms with E-state index < -0.39 is 0 Å². The number of rotatable bonds is 2. The summed E-state index contributed by atoms with van der Waals surface area (Å²) in [6, 6.07) is 3.46. The molecular formula is C15H14N2O3. The van der Waals surface area contributed by atoms with Gasteiger partial charge in [-0.25, -0.2) is 0 Å². The fraction of sp³-hybridized carbons (Fsp3) is 0.400. The quantitative estimate of drug-likeness (QED) is 0.468. The van der Waals surface area contributed by atoms with E-state index in [-0.39, 0.29) is 35.5 Å². The third-order valence-electron chi connectivity index (χ3n) is 4.58. The number of imide groups is 1. The summed E-state index contributed by atoms with van der Waals surface area (Å²) >= 11 is 0. The van der Waals surface area contributed by atoms with Crippen molar-refractivity contribution in [1.82, 2.24) is 5.01 Å². The molecule has 20 heavy (non-hydrogen) atoms. The predicted molar refractivity (Wildman–Crippen MR) is 70.5 cm³/mol. The molecule has 2 bridgehead atoms. The summed E-state index contributed by atoms with van der Waals surface area (Å²) in [5.41, 5.74) is 0. The maximum absolute atomic E-state index is 12.4. The van der Waals surface area contributed by atoms with Crippen LogP contribution in [-0.2, 0) is 9.59 Å². The number of carbonyl (C=O) groups is 2. The lowest BCUT2D eigenvalue weighted by Gasteiger charge is -2.37. The molecule has 5 heteroatoms. The van der Waals surface area contributed by atoms with E-state index in [1.165, 1.54) is 12.5 Å². The summed E-state index contributed by atoms with van der Waals surface area (Å²) in [4.78, 5) is 24.9. The standard InChI is InChI=1S/C15H14N2O3/c18-14-12-9-3-4-10(6-5-9)13(12)15(19)17(14)16-8-11-2-1-7-20-11/h1-4,7-10,12-13H,5-6H2/b16-8-/t9-,10-,12-,13+/m0/s1. The zero-order valence-corrected chi connectivity index (χ0v) is 10.8. The molecule has 1 aromatic heterocycles. The van der Waals surface area contributed by atoms with Crippen LogP contribution in [0.15, 0.2) is 40.1 Å². The molecule has 2 heterocycles. The molecule has 2 fully saturated rings. The Balaban J connectivity index is 1.64. The van der Waals surface area contributed by atoms with E-state index in [1.807, 2.05) is 0 Å². The lowest BCUT2D eigenvalue weighted by Crippen LogP contribution is -2.38. The van der Waals surface area contributed by atoms with Crippen molar-refractivity contribution in [1.29, 1.82) is 0 Å². The van der Waals surface area contributed by atoms with E-state index in [0.717, 1.165) is 17.9 Å². The van der Waals surface area contributed by atoms with Gasteiger partial charge < -0.3 is 4.42 Å². The minimum atomic E-state index is -0.208. The first-order valence-electron chi connectivity index (χ1n) is 6.89. The number of hydrogen-bond donors (Lipinski definition) is 0. The van der Waals surface area contributed by atoms with Gasteiger partial charge in [-0.1, -0.05) is 12.2 Å². The highest BCUT2D eigenvalue weighted by Crippen LogP contribution is 2.49. The number of amides is 2. The predicted octanol–water partition coefficient (Wildman–Crippen LogP) is 1.81. The largest absolute Gasteiger partial charge is 0.463 e. The van der Waals surface area contributed by atoms with Gasteiger partial charge in [0.2, 0.25) is 0 Å². The van der Waals surface area contributed by atoms with Gasteiger partial charge in [0, 0.05) is 0 Å². The minimum absolute atomic E-state index is 0.165. The maximum Gasteiger partial charge on any atom is 0.254 e. The topological polar surface area (TPSA) is 62.9 Å². The van der Waals surface area contributed by atoms with E-state index in [0.29, 0.717) is 5.76 Å². The van der Waals surface area contributed by atoms with Gasteiger partial charge in [-0.3, -0.25) is 9.59 Å². The molecule has 0 unspecified atom stereocenters. The van der Waals surface area contributed by atoms with Gasteiger partial charge in [-0.15, -0.1) is 0 Å². The number of carbonyl (C=O) groups excluding carboxylic acids is 2. The van der Waals surface area contributed by atoms with Crippen LogP contribution in [0.1, 0.15) is 18.6 Å². The Bertz CT molecular complexity index is 585. The van der Waals surface area contributed by atoms with E-state index in [9.17, 15) is 9.59 Å². The molecule has 1 saturated carbocycles. The van der Waals surface area contributed by atoms with Crippen molar-refractivity contribution in [3.63, 3.8) is 0 Å². The normalized spacial score (nSPS) is 35.3. The Labute approximate surface area is 115 Å². The second-order valence-corrected chi connectivity index (χ2v) is 5.59. The monoisotopic (exact) mass is 270 g/mol. The van der Waals surface area contributed by atoms with Crippen molar-refractivity contribution < 1.29 is 14.0 Å². The van der Waals surface area contributed by atoms with Crippen molar-refractivity contribution >= 4 is 18.0 Å². The number of hydrogen-bond acceptors (Lipinski definition) is 4. The average Bonchev–Trinajstić information content (AvgIpc) is 3.08. The second-order valence-electron chi connectivity index (χ2n) is 5.59. The molecule has 1 aliphatic heterocycles. The number of fused-ring (bicyclic) bond motifs is 1. The fourth-order valence-electron chi connectivity index (χ4n) is 3.65. The van der Waals surface area contributed by atoms with Gasteiger partial charge in [0.05, 0.1) is 24.3 Å². The van der Waals surface area contributed by atoms with Crippen LogP contribution in [0.3, 0.4) is 0 Å². The molecule has 4 atom stereocenters. The molecule has 5 rings (SSSR count). The van der Waals surface area contributed by atoms with Crippen molar-refractivity contribution in [2.75, 3.05) is 0 Å². The number of allylic oxidation sites excluding steroid dienone is 2.